The van der Waals surface area contributed by atoms with Gasteiger partial charge in [-0.3, -0.25) is 14.4 Å². The van der Waals surface area contributed by atoms with Crippen LogP contribution in [0.25, 0.3) is 0 Å². The molecule has 0 rings (SSSR count). The molecule has 0 fully saturated rings. The predicted octanol–water partition coefficient (Wildman–Crippen LogP) is 22.1. The van der Waals surface area contributed by atoms with E-state index in [1.165, 1.54) is 186 Å². The van der Waals surface area contributed by atoms with Crippen molar-refractivity contribution in [2.24, 2.45) is 0 Å². The molecule has 0 saturated carbocycles. The van der Waals surface area contributed by atoms with Gasteiger partial charge in [-0.05, 0) is 89.9 Å². The maximum atomic E-state index is 12.9. The average Bonchev–Trinajstić information content (AvgIpc) is 3.41. The zero-order chi connectivity index (χ0) is 54.3. The molecule has 0 aromatic rings. The van der Waals surface area contributed by atoms with E-state index in [1.807, 2.05) is 0 Å². The number of hydrogen-bond donors (Lipinski definition) is 0. The summed E-state index contributed by atoms with van der Waals surface area (Å²) >= 11 is 0. The molecule has 6 nitrogen and oxygen atoms in total. The Labute approximate surface area is 465 Å². The largest absolute Gasteiger partial charge is 0.462 e. The van der Waals surface area contributed by atoms with Crippen LogP contribution in [0, 0.1) is 0 Å². The second kappa shape index (κ2) is 63.4. The summed E-state index contributed by atoms with van der Waals surface area (Å²) in [4.78, 5) is 38.3. The van der Waals surface area contributed by atoms with E-state index in [9.17, 15) is 14.4 Å². The molecule has 0 aliphatic heterocycles. The molecule has 0 spiro atoms. The molecule has 434 valence electrons. The fourth-order valence-electron chi connectivity index (χ4n) is 9.35. The van der Waals surface area contributed by atoms with Crippen LogP contribution in [0.5, 0.6) is 0 Å². The molecule has 0 aromatic carbocycles. The van der Waals surface area contributed by atoms with E-state index in [4.69, 9.17) is 14.2 Å². The minimum Gasteiger partial charge on any atom is -0.462 e. The van der Waals surface area contributed by atoms with Gasteiger partial charge >= 0.3 is 17.9 Å². The SMILES string of the molecule is CC/C=C\C/C=C\C/C=C\CCCCCC(=O)OCC(COC(=O)CCCCCCCCCC/C=C\C/C=C\C/C=C\CCCCCCC)OC(=O)CCCCCCCCCCCCCCCCCCCCCCC. The molecule has 0 amide bonds. The first-order chi connectivity index (χ1) is 37.0. The van der Waals surface area contributed by atoms with Gasteiger partial charge in [0.2, 0.25) is 0 Å². The van der Waals surface area contributed by atoms with Gasteiger partial charge in [0, 0.05) is 19.3 Å². The van der Waals surface area contributed by atoms with Gasteiger partial charge in [-0.2, -0.15) is 0 Å². The van der Waals surface area contributed by atoms with E-state index in [-0.39, 0.29) is 31.1 Å². The van der Waals surface area contributed by atoms with Gasteiger partial charge in [0.15, 0.2) is 6.10 Å². The highest BCUT2D eigenvalue weighted by atomic mass is 16.6. The molecule has 6 heteroatoms. The molecule has 0 aliphatic rings. The van der Waals surface area contributed by atoms with Gasteiger partial charge in [-0.1, -0.05) is 293 Å². The predicted molar refractivity (Wildman–Crippen MR) is 325 cm³/mol. The lowest BCUT2D eigenvalue weighted by atomic mass is 10.0. The van der Waals surface area contributed by atoms with E-state index in [1.54, 1.807) is 0 Å². The molecule has 0 bridgehead atoms. The zero-order valence-electron chi connectivity index (χ0n) is 49.8. The quantitative estimate of drug-likeness (QED) is 0.0261. The molecular weight excluding hydrogens is 925 g/mol. The van der Waals surface area contributed by atoms with Crippen LogP contribution in [0.1, 0.15) is 329 Å². The first-order valence-electron chi connectivity index (χ1n) is 32.4. The maximum absolute atomic E-state index is 12.9. The molecule has 1 unspecified atom stereocenters. The summed E-state index contributed by atoms with van der Waals surface area (Å²) in [5, 5.41) is 0. The van der Waals surface area contributed by atoms with Crippen molar-refractivity contribution in [1.82, 2.24) is 0 Å². The molecule has 0 aliphatic carbocycles. The van der Waals surface area contributed by atoms with Gasteiger partial charge in [-0.15, -0.1) is 0 Å². The van der Waals surface area contributed by atoms with Crippen molar-refractivity contribution in [1.29, 1.82) is 0 Å². The second-order valence-corrected chi connectivity index (χ2v) is 21.6. The fourth-order valence-corrected chi connectivity index (χ4v) is 9.35. The van der Waals surface area contributed by atoms with Crippen LogP contribution in [0.4, 0.5) is 0 Å². The van der Waals surface area contributed by atoms with Crippen molar-refractivity contribution in [2.45, 2.75) is 335 Å². The Hall–Kier alpha value is -3.15. The van der Waals surface area contributed by atoms with E-state index in [0.29, 0.717) is 19.3 Å². The number of ether oxygens (including phenoxy) is 3. The van der Waals surface area contributed by atoms with Gasteiger partial charge < -0.3 is 14.2 Å². The first kappa shape index (κ1) is 71.8. The topological polar surface area (TPSA) is 78.9 Å². The molecule has 75 heavy (non-hydrogen) atoms. The van der Waals surface area contributed by atoms with Gasteiger partial charge in [-0.25, -0.2) is 0 Å². The number of allylic oxidation sites excluding steroid dienone is 12. The maximum Gasteiger partial charge on any atom is 0.306 e. The Kier molecular flexibility index (Phi) is 60.7. The van der Waals surface area contributed by atoms with Crippen molar-refractivity contribution < 1.29 is 28.6 Å². The van der Waals surface area contributed by atoms with Crippen LogP contribution in [-0.2, 0) is 28.6 Å². The Morgan fingerprint density at radius 1 is 0.280 bits per heavy atom. The van der Waals surface area contributed by atoms with E-state index >= 15 is 0 Å². The molecule has 1 atom stereocenters. The summed E-state index contributed by atoms with van der Waals surface area (Å²) in [5.74, 6) is -0.907. The monoisotopic (exact) mass is 1050 g/mol. The second-order valence-electron chi connectivity index (χ2n) is 21.6. The van der Waals surface area contributed by atoms with Crippen molar-refractivity contribution in [2.75, 3.05) is 13.2 Å². The number of hydrogen-bond acceptors (Lipinski definition) is 6. The van der Waals surface area contributed by atoms with Crippen molar-refractivity contribution in [3.8, 4) is 0 Å². The Balaban J connectivity index is 4.33. The van der Waals surface area contributed by atoms with Crippen LogP contribution in [0.2, 0.25) is 0 Å². The summed E-state index contributed by atoms with van der Waals surface area (Å²) in [6.07, 6.45) is 82.0. The Bertz CT molecular complexity index is 1390. The number of rotatable bonds is 59. The Morgan fingerprint density at radius 3 is 0.827 bits per heavy atom. The molecule has 0 aromatic heterocycles. The summed E-state index contributed by atoms with van der Waals surface area (Å²) in [7, 11) is 0. The third-order valence-corrected chi connectivity index (χ3v) is 14.2. The summed E-state index contributed by atoms with van der Waals surface area (Å²) in [6.45, 7) is 6.53. The van der Waals surface area contributed by atoms with E-state index in [0.717, 1.165) is 103 Å². The van der Waals surface area contributed by atoms with Gasteiger partial charge in [0.1, 0.15) is 13.2 Å². The third-order valence-electron chi connectivity index (χ3n) is 14.2. The van der Waals surface area contributed by atoms with Crippen LogP contribution in [-0.4, -0.2) is 37.2 Å². The van der Waals surface area contributed by atoms with E-state index < -0.39 is 6.10 Å². The lowest BCUT2D eigenvalue weighted by Gasteiger charge is -2.18. The zero-order valence-corrected chi connectivity index (χ0v) is 49.8. The van der Waals surface area contributed by atoms with Crippen LogP contribution in [0.15, 0.2) is 72.9 Å². The lowest BCUT2D eigenvalue weighted by Crippen LogP contribution is -2.30. The van der Waals surface area contributed by atoms with Gasteiger partial charge in [0.25, 0.3) is 0 Å². The minimum absolute atomic E-state index is 0.0863. The first-order valence-corrected chi connectivity index (χ1v) is 32.4. The highest BCUT2D eigenvalue weighted by Gasteiger charge is 2.19. The highest BCUT2D eigenvalue weighted by molar-refractivity contribution is 5.71. The minimum atomic E-state index is -0.790. The number of carbonyl (C=O) groups excluding carboxylic acids is 3. The van der Waals surface area contributed by atoms with Gasteiger partial charge in [0.05, 0.1) is 0 Å². The van der Waals surface area contributed by atoms with Crippen LogP contribution >= 0.6 is 0 Å². The molecule has 0 N–H and O–H groups in total. The average molecular weight is 1050 g/mol. The number of esters is 3. The van der Waals surface area contributed by atoms with E-state index in [2.05, 4.69) is 93.7 Å². The van der Waals surface area contributed by atoms with Crippen LogP contribution < -0.4 is 0 Å². The highest BCUT2D eigenvalue weighted by Crippen LogP contribution is 2.17. The summed E-state index contributed by atoms with van der Waals surface area (Å²) in [5.41, 5.74) is 0. The fraction of sp³-hybridized carbons (Fsp3) is 0.783. The molecule has 0 saturated heterocycles. The van der Waals surface area contributed by atoms with Crippen molar-refractivity contribution in [3.63, 3.8) is 0 Å². The third kappa shape index (κ3) is 61.6. The summed E-state index contributed by atoms with van der Waals surface area (Å²) < 4.78 is 16.9. The lowest BCUT2D eigenvalue weighted by molar-refractivity contribution is -0.167. The smallest absolute Gasteiger partial charge is 0.306 e. The normalized spacial score (nSPS) is 12.5. The van der Waals surface area contributed by atoms with Crippen molar-refractivity contribution >= 4 is 17.9 Å². The number of unbranched alkanes of at least 4 members (excludes halogenated alkanes) is 36. The molecular formula is C69H122O6. The van der Waals surface area contributed by atoms with Crippen molar-refractivity contribution in [3.05, 3.63) is 72.9 Å². The summed E-state index contributed by atoms with van der Waals surface area (Å²) in [6, 6.07) is 0. The number of carbonyl (C=O) groups is 3. The van der Waals surface area contributed by atoms with Crippen LogP contribution in [0.3, 0.4) is 0 Å². The molecule has 0 heterocycles. The molecule has 0 radical (unpaired) electrons. The Morgan fingerprint density at radius 2 is 0.520 bits per heavy atom. The standard InChI is InChI=1S/C69H122O6/c1-4-7-10-13-16-19-22-25-27-29-31-33-34-36-37-39-41-44-47-50-53-56-59-62-68(71)74-65-66(64-73-67(70)61-58-55-52-49-46-43-24-21-18-15-12-9-6-3)75-69(72)63-60-57-54-51-48-45-42-40-38-35-32-30-28-26-23-20-17-14-11-8-5-2/h9,12,18,21-22,25,29,31,34,36,43,46,66H,4-8,10-11,13-17,19-20,23-24,26-28,30,32-33,35,37-42,44-45,47-65H2,1-3H3/b12-9-,21-18-,25-22-,31-29-,36-34-,46-43-.